The molecule has 0 aliphatic rings. The molecule has 12 heteroatoms. The van der Waals surface area contributed by atoms with Crippen molar-refractivity contribution in [1.82, 2.24) is 0 Å². The van der Waals surface area contributed by atoms with Crippen LogP contribution in [0.4, 0.5) is 0 Å². The van der Waals surface area contributed by atoms with Crippen LogP contribution in [0.25, 0.3) is 0 Å². The van der Waals surface area contributed by atoms with Crippen LogP contribution in [0, 0.1) is 0 Å². The third kappa shape index (κ3) is 18.8. The van der Waals surface area contributed by atoms with Crippen LogP contribution in [0.2, 0.25) is 0 Å². The van der Waals surface area contributed by atoms with Crippen LogP contribution in [-0.4, -0.2) is 30.6 Å². The molecule has 0 radical (unpaired) electrons. The SMILES string of the molecule is O=C(CCCCCCCCCCCC(=O)P(=O)(O)O)P(=O)(O)O.[H-].[H-].[Na+].[Na+]. The summed E-state index contributed by atoms with van der Waals surface area (Å²) in [5.41, 5.74) is -2.00. The minimum Gasteiger partial charge on any atom is -1.00 e. The van der Waals surface area contributed by atoms with Gasteiger partial charge < -0.3 is 22.4 Å². The summed E-state index contributed by atoms with van der Waals surface area (Å²) < 4.78 is 21.2. The van der Waals surface area contributed by atoms with E-state index in [0.29, 0.717) is 12.8 Å². The normalized spacial score (nSPS) is 11.4. The number of hydrogen-bond donors (Lipinski definition) is 4. The molecule has 4 N–H and O–H groups in total. The fraction of sp³-hybridized carbons (Fsp3) is 0.846. The summed E-state index contributed by atoms with van der Waals surface area (Å²) in [4.78, 5) is 56.4. The Labute approximate surface area is 195 Å². The first-order valence-corrected chi connectivity index (χ1v) is 11.0. The topological polar surface area (TPSA) is 149 Å². The molecule has 0 atom stereocenters. The summed E-state index contributed by atoms with van der Waals surface area (Å²) in [5.74, 6) is 0. The molecule has 25 heavy (non-hydrogen) atoms. The summed E-state index contributed by atoms with van der Waals surface area (Å²) in [7, 11) is -9.13. The van der Waals surface area contributed by atoms with Crippen LogP contribution in [0.3, 0.4) is 0 Å². The van der Waals surface area contributed by atoms with Gasteiger partial charge in [0.25, 0.3) is 0 Å². The molecular weight excluding hydrogens is 392 g/mol. The van der Waals surface area contributed by atoms with Crippen molar-refractivity contribution in [3.05, 3.63) is 0 Å². The molecule has 0 aliphatic carbocycles. The number of unbranched alkanes of at least 4 members (excludes halogenated alkanes) is 8. The van der Waals surface area contributed by atoms with Crippen LogP contribution < -0.4 is 59.1 Å². The first-order chi connectivity index (χ1) is 10.5. The van der Waals surface area contributed by atoms with E-state index < -0.39 is 26.2 Å². The monoisotopic (exact) mass is 420 g/mol. The maximum absolute atomic E-state index is 11.0. The predicted octanol–water partition coefficient (Wildman–Crippen LogP) is -3.08. The van der Waals surface area contributed by atoms with Crippen molar-refractivity contribution in [3.63, 3.8) is 0 Å². The zero-order valence-electron chi connectivity index (χ0n) is 17.1. The Morgan fingerprint density at radius 3 is 0.960 bits per heavy atom. The van der Waals surface area contributed by atoms with E-state index in [1.54, 1.807) is 0 Å². The minimum absolute atomic E-state index is 0. The second-order valence-electron chi connectivity index (χ2n) is 5.56. The summed E-state index contributed by atoms with van der Waals surface area (Å²) in [5, 5.41) is 0. The average Bonchev–Trinajstić information content (AvgIpc) is 2.42. The van der Waals surface area contributed by atoms with Crippen molar-refractivity contribution >= 4 is 26.2 Å². The van der Waals surface area contributed by atoms with Crippen LogP contribution in [-0.2, 0) is 18.7 Å². The molecule has 0 aromatic rings. The fourth-order valence-corrected chi connectivity index (χ4v) is 2.98. The second-order valence-corrected chi connectivity index (χ2v) is 8.73. The third-order valence-electron chi connectivity index (χ3n) is 3.43. The Morgan fingerprint density at radius 2 is 0.760 bits per heavy atom. The van der Waals surface area contributed by atoms with Gasteiger partial charge in [-0.15, -0.1) is 0 Å². The van der Waals surface area contributed by atoms with Crippen LogP contribution in [0.1, 0.15) is 73.5 Å². The standard InChI is InChI=1S/C13H26O8P2.2Na.2H/c14-12(22(16,17)18)10-8-6-4-2-1-3-5-7-9-11-13(15)23(19,20)21;;;;/h1-11H2,(H2,16,17,18)(H2,19,20,21);;;;/q;2*+1;2*-1. The molecule has 0 aromatic carbocycles. The van der Waals surface area contributed by atoms with Gasteiger partial charge >= 0.3 is 74.3 Å². The van der Waals surface area contributed by atoms with Gasteiger partial charge in [0.1, 0.15) is 0 Å². The molecule has 0 unspecified atom stereocenters. The number of rotatable bonds is 14. The summed E-state index contributed by atoms with van der Waals surface area (Å²) in [6.07, 6.45) is 7.00. The largest absolute Gasteiger partial charge is 1.00 e. The van der Waals surface area contributed by atoms with Gasteiger partial charge in [-0.3, -0.25) is 18.7 Å². The molecule has 0 rings (SSSR count). The summed E-state index contributed by atoms with van der Waals surface area (Å²) in [6, 6.07) is 0. The van der Waals surface area contributed by atoms with Crippen molar-refractivity contribution in [2.75, 3.05) is 0 Å². The molecule has 0 bridgehead atoms. The molecule has 0 aliphatic heterocycles. The Kier molecular flexibility index (Phi) is 20.8. The molecular formula is C13H28Na2O8P2. The zero-order chi connectivity index (χ0) is 17.9. The molecule has 0 fully saturated rings. The molecule has 0 heterocycles. The van der Waals surface area contributed by atoms with Crippen molar-refractivity contribution in [2.45, 2.75) is 70.6 Å². The summed E-state index contributed by atoms with van der Waals surface area (Å²) in [6.45, 7) is 0. The van der Waals surface area contributed by atoms with Crippen molar-refractivity contribution in [3.8, 4) is 0 Å². The number of hydrogen-bond acceptors (Lipinski definition) is 4. The van der Waals surface area contributed by atoms with Crippen molar-refractivity contribution in [2.24, 2.45) is 0 Å². The van der Waals surface area contributed by atoms with E-state index >= 15 is 0 Å². The van der Waals surface area contributed by atoms with E-state index in [2.05, 4.69) is 0 Å². The van der Waals surface area contributed by atoms with E-state index in [1.807, 2.05) is 0 Å². The van der Waals surface area contributed by atoms with Gasteiger partial charge in [-0.05, 0) is 12.8 Å². The van der Waals surface area contributed by atoms with Gasteiger partial charge in [-0.1, -0.05) is 44.9 Å². The molecule has 0 aromatic heterocycles. The van der Waals surface area contributed by atoms with Gasteiger partial charge in [0.15, 0.2) is 0 Å². The Balaban J connectivity index is -0.000000403. The summed E-state index contributed by atoms with van der Waals surface area (Å²) >= 11 is 0. The number of carbonyl (C=O) groups excluding carboxylic acids is 2. The Hall–Kier alpha value is 1.64. The Bertz CT molecular complexity index is 443. The molecule has 0 spiro atoms. The second kappa shape index (κ2) is 16.6. The van der Waals surface area contributed by atoms with E-state index in [4.69, 9.17) is 19.6 Å². The van der Waals surface area contributed by atoms with Gasteiger partial charge in [-0.2, -0.15) is 0 Å². The quantitative estimate of drug-likeness (QED) is 0.131. The molecule has 0 saturated carbocycles. The van der Waals surface area contributed by atoms with E-state index in [1.165, 1.54) is 0 Å². The van der Waals surface area contributed by atoms with Crippen LogP contribution >= 0.6 is 15.2 Å². The van der Waals surface area contributed by atoms with Crippen molar-refractivity contribution in [1.29, 1.82) is 0 Å². The Morgan fingerprint density at radius 1 is 0.560 bits per heavy atom. The molecule has 140 valence electrons. The van der Waals surface area contributed by atoms with Crippen LogP contribution in [0.5, 0.6) is 0 Å². The maximum atomic E-state index is 11.0. The first kappa shape index (κ1) is 31.3. The van der Waals surface area contributed by atoms with Gasteiger partial charge in [0.05, 0.1) is 0 Å². The predicted molar refractivity (Wildman–Crippen MR) is 87.1 cm³/mol. The van der Waals surface area contributed by atoms with E-state index in [-0.39, 0.29) is 74.8 Å². The zero-order valence-corrected chi connectivity index (χ0v) is 20.9. The molecule has 0 amide bonds. The fourth-order valence-electron chi connectivity index (χ4n) is 2.08. The van der Waals surface area contributed by atoms with E-state index in [9.17, 15) is 18.7 Å². The maximum Gasteiger partial charge on any atom is 1.00 e. The third-order valence-corrected chi connectivity index (χ3v) is 5.18. The molecule has 8 nitrogen and oxygen atoms in total. The van der Waals surface area contributed by atoms with E-state index in [0.717, 1.165) is 44.9 Å². The van der Waals surface area contributed by atoms with Crippen LogP contribution in [0.15, 0.2) is 0 Å². The average molecular weight is 420 g/mol. The number of carbonyl (C=O) groups is 2. The van der Waals surface area contributed by atoms with Crippen molar-refractivity contribution < 1.29 is 100 Å². The van der Waals surface area contributed by atoms with Gasteiger partial charge in [0, 0.05) is 12.8 Å². The molecule has 0 saturated heterocycles. The van der Waals surface area contributed by atoms with Gasteiger partial charge in [0.2, 0.25) is 11.0 Å². The minimum atomic E-state index is -4.56. The van der Waals surface area contributed by atoms with Gasteiger partial charge in [-0.25, -0.2) is 0 Å². The first-order valence-electron chi connectivity index (χ1n) is 7.73. The smallest absolute Gasteiger partial charge is 1.00 e.